The predicted octanol–water partition coefficient (Wildman–Crippen LogP) is 2.11. The molecule has 0 radical (unpaired) electrons. The van der Waals surface area contributed by atoms with Crippen LogP contribution in [0.1, 0.15) is 13.3 Å². The molecular formula is C16H20Cl2N2O4S. The van der Waals surface area contributed by atoms with E-state index in [4.69, 9.17) is 27.9 Å². The van der Waals surface area contributed by atoms with Crippen LogP contribution in [0.4, 0.5) is 0 Å². The number of piperazine rings is 1. The Morgan fingerprint density at radius 2 is 1.64 bits per heavy atom. The van der Waals surface area contributed by atoms with Crippen molar-refractivity contribution >= 4 is 39.1 Å². The lowest BCUT2D eigenvalue weighted by molar-refractivity contribution is -0.137. The van der Waals surface area contributed by atoms with Gasteiger partial charge in [0.2, 0.25) is 15.9 Å². The lowest BCUT2D eigenvalue weighted by Crippen LogP contribution is -2.52. The number of amides is 1. The van der Waals surface area contributed by atoms with Crippen LogP contribution < -0.4 is 4.74 Å². The normalized spacial score (nSPS) is 26.3. The van der Waals surface area contributed by atoms with Gasteiger partial charge in [-0.25, -0.2) is 8.42 Å². The van der Waals surface area contributed by atoms with Crippen molar-refractivity contribution < 1.29 is 17.9 Å². The van der Waals surface area contributed by atoms with Crippen LogP contribution in [0, 0.1) is 5.41 Å². The monoisotopic (exact) mass is 406 g/mol. The fourth-order valence-corrected chi connectivity index (χ4v) is 5.13. The van der Waals surface area contributed by atoms with E-state index in [1.165, 1.54) is 23.5 Å². The largest absolute Gasteiger partial charge is 0.497 e. The van der Waals surface area contributed by atoms with Crippen LogP contribution in [-0.2, 0) is 14.8 Å². The van der Waals surface area contributed by atoms with Gasteiger partial charge in [-0.05, 0) is 37.6 Å². The van der Waals surface area contributed by atoms with E-state index < -0.39 is 19.8 Å². The maximum Gasteiger partial charge on any atom is 0.243 e. The maximum absolute atomic E-state index is 12.7. The molecule has 0 spiro atoms. The van der Waals surface area contributed by atoms with Crippen molar-refractivity contribution in [3.05, 3.63) is 24.3 Å². The van der Waals surface area contributed by atoms with E-state index in [0.717, 1.165) is 0 Å². The molecule has 1 amide bonds. The van der Waals surface area contributed by atoms with E-state index >= 15 is 0 Å². The molecule has 1 saturated heterocycles. The lowest BCUT2D eigenvalue weighted by Gasteiger charge is -2.35. The summed E-state index contributed by atoms with van der Waals surface area (Å²) >= 11 is 12.1. The highest BCUT2D eigenvalue weighted by Crippen LogP contribution is 2.64. The third-order valence-corrected chi connectivity index (χ3v) is 7.97. The van der Waals surface area contributed by atoms with Crippen LogP contribution >= 0.6 is 23.2 Å². The standard InChI is InChI=1S/C16H20Cl2N2O4S/c1-15(11-16(15,17)18)14(21)19-7-9-20(10-8-19)25(22,23)13-5-3-12(24-2)4-6-13/h3-6H,7-11H2,1-2H3/t15-/m1/s1. The van der Waals surface area contributed by atoms with Gasteiger partial charge in [-0.2, -0.15) is 4.31 Å². The van der Waals surface area contributed by atoms with Gasteiger partial charge in [0.15, 0.2) is 0 Å². The van der Waals surface area contributed by atoms with Crippen molar-refractivity contribution in [2.45, 2.75) is 22.6 Å². The van der Waals surface area contributed by atoms with Crippen molar-refractivity contribution in [3.8, 4) is 5.75 Å². The average Bonchev–Trinajstić information content (AvgIpc) is 3.13. The van der Waals surface area contributed by atoms with E-state index in [9.17, 15) is 13.2 Å². The van der Waals surface area contributed by atoms with Gasteiger partial charge in [-0.1, -0.05) is 0 Å². The molecule has 1 aliphatic carbocycles. The van der Waals surface area contributed by atoms with Crippen molar-refractivity contribution in [1.29, 1.82) is 0 Å². The minimum Gasteiger partial charge on any atom is -0.497 e. The molecule has 0 aromatic heterocycles. The Morgan fingerprint density at radius 3 is 2.08 bits per heavy atom. The quantitative estimate of drug-likeness (QED) is 0.718. The highest BCUT2D eigenvalue weighted by Gasteiger charge is 2.68. The number of hydrogen-bond acceptors (Lipinski definition) is 4. The molecule has 1 saturated carbocycles. The molecule has 138 valence electrons. The summed E-state index contributed by atoms with van der Waals surface area (Å²) in [5, 5.41) is 0. The number of methoxy groups -OCH3 is 1. The number of carbonyl (C=O) groups excluding carboxylic acids is 1. The Morgan fingerprint density at radius 1 is 1.12 bits per heavy atom. The number of benzene rings is 1. The second-order valence-corrected chi connectivity index (χ2v) is 10.0. The maximum atomic E-state index is 12.7. The van der Waals surface area contributed by atoms with Crippen molar-refractivity contribution in [2.24, 2.45) is 5.41 Å². The third kappa shape index (κ3) is 3.23. The fourth-order valence-electron chi connectivity index (χ4n) is 3.01. The number of nitrogens with zero attached hydrogens (tertiary/aromatic N) is 2. The number of sulfonamides is 1. The molecule has 6 nitrogen and oxygen atoms in total. The molecule has 1 aromatic rings. The van der Waals surface area contributed by atoms with Crippen molar-refractivity contribution in [1.82, 2.24) is 9.21 Å². The van der Waals surface area contributed by atoms with Crippen LogP contribution in [0.2, 0.25) is 0 Å². The van der Waals surface area contributed by atoms with Gasteiger partial charge in [0.05, 0.1) is 17.4 Å². The molecule has 0 bridgehead atoms. The van der Waals surface area contributed by atoms with E-state index in [0.29, 0.717) is 25.3 Å². The Bertz CT molecular complexity index is 774. The first-order valence-electron chi connectivity index (χ1n) is 7.93. The molecule has 25 heavy (non-hydrogen) atoms. The second-order valence-electron chi connectivity index (χ2n) is 6.59. The summed E-state index contributed by atoms with van der Waals surface area (Å²) < 4.78 is 30.9. The minimum absolute atomic E-state index is 0.112. The average molecular weight is 407 g/mol. The summed E-state index contributed by atoms with van der Waals surface area (Å²) in [7, 11) is -2.07. The highest BCUT2D eigenvalue weighted by molar-refractivity contribution is 7.89. The van der Waals surface area contributed by atoms with Gasteiger partial charge in [0, 0.05) is 26.2 Å². The van der Waals surface area contributed by atoms with Gasteiger partial charge >= 0.3 is 0 Å². The summed E-state index contributed by atoms with van der Waals surface area (Å²) in [6.07, 6.45) is 0.423. The molecule has 1 aromatic carbocycles. The Labute approximate surface area is 157 Å². The van der Waals surface area contributed by atoms with E-state index in [-0.39, 0.29) is 23.9 Å². The zero-order valence-electron chi connectivity index (χ0n) is 14.0. The van der Waals surface area contributed by atoms with Gasteiger partial charge in [0.1, 0.15) is 10.1 Å². The molecule has 9 heteroatoms. The van der Waals surface area contributed by atoms with Crippen LogP contribution in [0.25, 0.3) is 0 Å². The van der Waals surface area contributed by atoms with Crippen LogP contribution in [-0.4, -0.2) is 61.2 Å². The van der Waals surface area contributed by atoms with Crippen LogP contribution in [0.15, 0.2) is 29.2 Å². The first-order valence-corrected chi connectivity index (χ1v) is 10.1. The summed E-state index contributed by atoms with van der Waals surface area (Å²) in [4.78, 5) is 14.4. The summed E-state index contributed by atoms with van der Waals surface area (Å²) in [6.45, 7) is 2.89. The Balaban J connectivity index is 1.66. The molecule has 0 unspecified atom stereocenters. The van der Waals surface area contributed by atoms with Crippen molar-refractivity contribution in [2.75, 3.05) is 33.3 Å². The Hall–Kier alpha value is -1.02. The zero-order valence-corrected chi connectivity index (χ0v) is 16.4. The smallest absolute Gasteiger partial charge is 0.243 e. The van der Waals surface area contributed by atoms with Crippen LogP contribution in [0.5, 0.6) is 5.75 Å². The molecule has 1 heterocycles. The fraction of sp³-hybridized carbons (Fsp3) is 0.562. The number of alkyl halides is 2. The first kappa shape index (κ1) is 18.8. The minimum atomic E-state index is -3.59. The summed E-state index contributed by atoms with van der Waals surface area (Å²) in [5.41, 5.74) is -0.771. The molecule has 1 aliphatic heterocycles. The second kappa shape index (κ2) is 6.30. The summed E-state index contributed by atoms with van der Waals surface area (Å²) in [6, 6.07) is 6.26. The number of rotatable bonds is 4. The lowest BCUT2D eigenvalue weighted by atomic mass is 10.1. The van der Waals surface area contributed by atoms with Crippen LogP contribution in [0.3, 0.4) is 0 Å². The SMILES string of the molecule is COc1ccc(S(=O)(=O)N2CCN(C(=O)[C@@]3(C)CC3(Cl)Cl)CC2)cc1. The van der Waals surface area contributed by atoms with Gasteiger partial charge in [-0.15, -0.1) is 23.2 Å². The van der Waals surface area contributed by atoms with Gasteiger partial charge in [0.25, 0.3) is 0 Å². The van der Waals surface area contributed by atoms with Gasteiger partial charge < -0.3 is 9.64 Å². The van der Waals surface area contributed by atoms with E-state index in [1.54, 1.807) is 24.0 Å². The molecule has 0 N–H and O–H groups in total. The molecular weight excluding hydrogens is 387 g/mol. The third-order valence-electron chi connectivity index (χ3n) is 4.95. The van der Waals surface area contributed by atoms with Gasteiger partial charge in [-0.3, -0.25) is 4.79 Å². The number of ether oxygens (including phenoxy) is 1. The molecule has 3 rings (SSSR count). The summed E-state index contributed by atoms with van der Waals surface area (Å²) in [5.74, 6) is 0.483. The van der Waals surface area contributed by atoms with Crippen molar-refractivity contribution in [3.63, 3.8) is 0 Å². The first-order chi connectivity index (χ1) is 11.6. The van der Waals surface area contributed by atoms with E-state index in [1.807, 2.05) is 0 Å². The Kier molecular flexibility index (Phi) is 4.73. The number of halogens is 2. The van der Waals surface area contributed by atoms with E-state index in [2.05, 4.69) is 0 Å². The highest BCUT2D eigenvalue weighted by atomic mass is 35.5. The topological polar surface area (TPSA) is 66.9 Å². The predicted molar refractivity (Wildman–Crippen MR) is 95.5 cm³/mol. The number of carbonyl (C=O) groups is 1. The number of hydrogen-bond donors (Lipinski definition) is 0. The zero-order chi connectivity index (χ0) is 18.5. The molecule has 1 atom stereocenters. The molecule has 2 aliphatic rings. The molecule has 2 fully saturated rings.